The summed E-state index contributed by atoms with van der Waals surface area (Å²) in [6.07, 6.45) is 7.93. The van der Waals surface area contributed by atoms with E-state index in [9.17, 15) is 4.79 Å². The maximum Gasteiger partial charge on any atom is 0.220 e. The third-order valence-electron chi connectivity index (χ3n) is 4.50. The summed E-state index contributed by atoms with van der Waals surface area (Å²) in [5, 5.41) is 3.15. The van der Waals surface area contributed by atoms with Gasteiger partial charge >= 0.3 is 0 Å². The van der Waals surface area contributed by atoms with Gasteiger partial charge < -0.3 is 11.1 Å². The molecule has 1 unspecified atom stereocenters. The van der Waals surface area contributed by atoms with Crippen LogP contribution in [0.4, 0.5) is 5.95 Å². The number of benzene rings is 1. The van der Waals surface area contributed by atoms with E-state index in [0.29, 0.717) is 12.4 Å². The summed E-state index contributed by atoms with van der Waals surface area (Å²) in [6, 6.07) is 10.6. The Balaban J connectivity index is 1.39. The van der Waals surface area contributed by atoms with Gasteiger partial charge in [-0.05, 0) is 49.7 Å². The second kappa shape index (κ2) is 7.90. The van der Waals surface area contributed by atoms with Crippen molar-refractivity contribution in [1.29, 1.82) is 0 Å². The first-order chi connectivity index (χ1) is 11.7. The molecule has 0 saturated heterocycles. The fourth-order valence-electron chi connectivity index (χ4n) is 3.21. The second-order valence-electron chi connectivity index (χ2n) is 6.40. The van der Waals surface area contributed by atoms with E-state index in [1.807, 2.05) is 6.07 Å². The summed E-state index contributed by atoms with van der Waals surface area (Å²) >= 11 is 0. The molecular formula is C19H24N4O. The molecule has 3 N–H and O–H groups in total. The number of aryl methyl sites for hydroxylation is 2. The quantitative estimate of drug-likeness (QED) is 0.800. The van der Waals surface area contributed by atoms with E-state index >= 15 is 0 Å². The van der Waals surface area contributed by atoms with Gasteiger partial charge in [0.15, 0.2) is 0 Å². The lowest BCUT2D eigenvalue weighted by atomic mass is 9.92. The SMILES string of the molecule is Nc1ncc2c(n1)CCC(NC(=O)CCCCc1ccccc1)C2. The van der Waals surface area contributed by atoms with Gasteiger partial charge in [0.1, 0.15) is 0 Å². The highest BCUT2D eigenvalue weighted by molar-refractivity contribution is 5.76. The zero-order valence-electron chi connectivity index (χ0n) is 13.9. The zero-order valence-corrected chi connectivity index (χ0v) is 13.9. The molecule has 1 aromatic heterocycles. The Morgan fingerprint density at radius 1 is 1.25 bits per heavy atom. The van der Waals surface area contributed by atoms with Crippen LogP contribution < -0.4 is 11.1 Å². The summed E-state index contributed by atoms with van der Waals surface area (Å²) in [4.78, 5) is 20.4. The van der Waals surface area contributed by atoms with Crippen LogP contribution >= 0.6 is 0 Å². The molecule has 1 aliphatic rings. The van der Waals surface area contributed by atoms with E-state index in [0.717, 1.165) is 49.8 Å². The average molecular weight is 324 g/mol. The van der Waals surface area contributed by atoms with Crippen molar-refractivity contribution in [2.24, 2.45) is 0 Å². The minimum absolute atomic E-state index is 0.146. The largest absolute Gasteiger partial charge is 0.368 e. The fourth-order valence-corrected chi connectivity index (χ4v) is 3.21. The number of carbonyl (C=O) groups is 1. The molecular weight excluding hydrogens is 300 g/mol. The molecule has 1 heterocycles. The summed E-state index contributed by atoms with van der Waals surface area (Å²) in [7, 11) is 0. The molecule has 1 amide bonds. The molecule has 0 bridgehead atoms. The van der Waals surface area contributed by atoms with Gasteiger partial charge in [0, 0.05) is 24.4 Å². The monoisotopic (exact) mass is 324 g/mol. The van der Waals surface area contributed by atoms with Crippen LogP contribution in [-0.4, -0.2) is 21.9 Å². The van der Waals surface area contributed by atoms with E-state index in [1.165, 1.54) is 5.56 Å². The lowest BCUT2D eigenvalue weighted by Crippen LogP contribution is -2.39. The van der Waals surface area contributed by atoms with Crippen LogP contribution in [0.25, 0.3) is 0 Å². The standard InChI is InChI=1S/C19H24N4O/c20-19-21-13-15-12-16(10-11-17(15)23-19)22-18(24)9-5-4-8-14-6-2-1-3-7-14/h1-3,6-7,13,16H,4-5,8-12H2,(H,22,24)(H2,20,21,23). The number of nitrogen functional groups attached to an aromatic ring is 1. The van der Waals surface area contributed by atoms with Crippen LogP contribution in [0.1, 0.15) is 42.5 Å². The number of nitrogens with one attached hydrogen (secondary N) is 1. The van der Waals surface area contributed by atoms with E-state index in [1.54, 1.807) is 6.20 Å². The summed E-state index contributed by atoms with van der Waals surface area (Å²) in [5.41, 5.74) is 9.08. The van der Waals surface area contributed by atoms with Crippen LogP contribution in [0.15, 0.2) is 36.5 Å². The molecule has 0 radical (unpaired) electrons. The average Bonchev–Trinajstić information content (AvgIpc) is 2.60. The fraction of sp³-hybridized carbons (Fsp3) is 0.421. The molecule has 1 aromatic carbocycles. The highest BCUT2D eigenvalue weighted by Crippen LogP contribution is 2.19. The first-order valence-electron chi connectivity index (χ1n) is 8.64. The lowest BCUT2D eigenvalue weighted by Gasteiger charge is -2.24. The summed E-state index contributed by atoms with van der Waals surface area (Å²) < 4.78 is 0. The van der Waals surface area contributed by atoms with Crippen molar-refractivity contribution in [3.8, 4) is 0 Å². The number of unbranched alkanes of at least 4 members (excludes halogenated alkanes) is 1. The van der Waals surface area contributed by atoms with Crippen molar-refractivity contribution in [3.63, 3.8) is 0 Å². The summed E-state index contributed by atoms with van der Waals surface area (Å²) in [6.45, 7) is 0. The Morgan fingerprint density at radius 3 is 2.92 bits per heavy atom. The van der Waals surface area contributed by atoms with Crippen LogP contribution in [0.2, 0.25) is 0 Å². The van der Waals surface area contributed by atoms with Crippen LogP contribution in [0, 0.1) is 0 Å². The van der Waals surface area contributed by atoms with E-state index in [4.69, 9.17) is 5.73 Å². The molecule has 5 heteroatoms. The zero-order chi connectivity index (χ0) is 16.8. The second-order valence-corrected chi connectivity index (χ2v) is 6.40. The van der Waals surface area contributed by atoms with Gasteiger partial charge in [-0.1, -0.05) is 30.3 Å². The third-order valence-corrected chi connectivity index (χ3v) is 4.50. The smallest absolute Gasteiger partial charge is 0.220 e. The number of hydrogen-bond acceptors (Lipinski definition) is 4. The van der Waals surface area contributed by atoms with Gasteiger partial charge in [0.25, 0.3) is 0 Å². The molecule has 0 spiro atoms. The Morgan fingerprint density at radius 2 is 2.08 bits per heavy atom. The van der Waals surface area contributed by atoms with Crippen molar-refractivity contribution in [2.45, 2.75) is 51.0 Å². The Hall–Kier alpha value is -2.43. The van der Waals surface area contributed by atoms with Gasteiger partial charge in [0.05, 0.1) is 0 Å². The Labute approximate surface area is 142 Å². The van der Waals surface area contributed by atoms with Gasteiger partial charge in [-0.25, -0.2) is 9.97 Å². The van der Waals surface area contributed by atoms with E-state index < -0.39 is 0 Å². The van der Waals surface area contributed by atoms with Crippen LogP contribution in [0.3, 0.4) is 0 Å². The third kappa shape index (κ3) is 4.54. The first kappa shape index (κ1) is 16.4. The van der Waals surface area contributed by atoms with Crippen molar-refractivity contribution in [3.05, 3.63) is 53.3 Å². The first-order valence-corrected chi connectivity index (χ1v) is 8.64. The van der Waals surface area contributed by atoms with Crippen molar-refractivity contribution >= 4 is 11.9 Å². The summed E-state index contributed by atoms with van der Waals surface area (Å²) in [5.74, 6) is 0.475. The number of carbonyl (C=O) groups excluding carboxylic acids is 1. The number of aromatic nitrogens is 2. The topological polar surface area (TPSA) is 80.9 Å². The van der Waals surface area contributed by atoms with E-state index in [2.05, 4.69) is 39.6 Å². The number of nitrogens with zero attached hydrogens (tertiary/aromatic N) is 2. The van der Waals surface area contributed by atoms with Crippen molar-refractivity contribution < 1.29 is 4.79 Å². The predicted molar refractivity (Wildman–Crippen MR) is 94.4 cm³/mol. The number of fused-ring (bicyclic) bond motifs is 1. The number of hydrogen-bond donors (Lipinski definition) is 2. The maximum absolute atomic E-state index is 12.1. The molecule has 126 valence electrons. The molecule has 2 aromatic rings. The molecule has 5 nitrogen and oxygen atoms in total. The minimum Gasteiger partial charge on any atom is -0.368 e. The van der Waals surface area contributed by atoms with Crippen LogP contribution in [0.5, 0.6) is 0 Å². The van der Waals surface area contributed by atoms with Crippen LogP contribution in [-0.2, 0) is 24.1 Å². The number of rotatable bonds is 6. The predicted octanol–water partition coefficient (Wildman–Crippen LogP) is 2.45. The molecule has 1 atom stereocenters. The maximum atomic E-state index is 12.1. The number of nitrogens with two attached hydrogens (primary N) is 1. The normalized spacial score (nSPS) is 16.4. The van der Waals surface area contributed by atoms with Crippen molar-refractivity contribution in [1.82, 2.24) is 15.3 Å². The molecule has 1 aliphatic carbocycles. The highest BCUT2D eigenvalue weighted by Gasteiger charge is 2.21. The molecule has 3 rings (SSSR count). The minimum atomic E-state index is 0.146. The molecule has 0 fully saturated rings. The Bertz CT molecular complexity index is 687. The van der Waals surface area contributed by atoms with Gasteiger partial charge in [-0.2, -0.15) is 0 Å². The van der Waals surface area contributed by atoms with E-state index in [-0.39, 0.29) is 11.9 Å². The number of amides is 1. The lowest BCUT2D eigenvalue weighted by molar-refractivity contribution is -0.122. The molecule has 0 saturated carbocycles. The highest BCUT2D eigenvalue weighted by atomic mass is 16.1. The number of anilines is 1. The Kier molecular flexibility index (Phi) is 5.41. The van der Waals surface area contributed by atoms with Crippen molar-refractivity contribution in [2.75, 3.05) is 5.73 Å². The van der Waals surface area contributed by atoms with Gasteiger partial charge in [-0.15, -0.1) is 0 Å². The van der Waals surface area contributed by atoms with Gasteiger partial charge in [-0.3, -0.25) is 4.79 Å². The molecule has 24 heavy (non-hydrogen) atoms. The van der Waals surface area contributed by atoms with Gasteiger partial charge in [0.2, 0.25) is 11.9 Å². The molecule has 0 aliphatic heterocycles.